The highest BCUT2D eigenvalue weighted by Crippen LogP contribution is 2.54. The van der Waals surface area contributed by atoms with Gasteiger partial charge in [-0.05, 0) is 130 Å². The van der Waals surface area contributed by atoms with Gasteiger partial charge in [-0.25, -0.2) is 9.71 Å². The molecular weight excluding hydrogens is 861 g/mol. The minimum atomic E-state index is -4.77. The van der Waals surface area contributed by atoms with Gasteiger partial charge in [-0.2, -0.15) is 13.4 Å². The molecule has 2 aromatic carbocycles. The molecule has 10 rings (SSSR count). The molecule has 0 radical (unpaired) electrons. The number of nitrogens with one attached hydrogen (secondary N) is 3. The van der Waals surface area contributed by atoms with Crippen molar-refractivity contribution in [3.05, 3.63) is 99.9 Å². The summed E-state index contributed by atoms with van der Waals surface area (Å²) in [6.07, 6.45) is 12.7. The second kappa shape index (κ2) is 17.1. The van der Waals surface area contributed by atoms with Crippen LogP contribution in [0.4, 0.5) is 17.1 Å². The zero-order valence-electron chi connectivity index (χ0n) is 37.7. The number of carbonyl (C=O) groups is 1. The molecule has 2 aliphatic carbocycles. The van der Waals surface area contributed by atoms with Crippen LogP contribution in [0.25, 0.3) is 11.0 Å². The quantitative estimate of drug-likeness (QED) is 0.0725. The van der Waals surface area contributed by atoms with Crippen molar-refractivity contribution in [3.8, 4) is 17.4 Å². The number of hydrogen-bond acceptors (Lipinski definition) is 13. The average Bonchev–Trinajstić information content (AvgIpc) is 3.98. The summed E-state index contributed by atoms with van der Waals surface area (Å²) in [7, 11) is -4.77. The highest BCUT2D eigenvalue weighted by Gasteiger charge is 2.50. The fourth-order valence-electron chi connectivity index (χ4n) is 11.4. The van der Waals surface area contributed by atoms with Crippen molar-refractivity contribution < 1.29 is 32.7 Å². The van der Waals surface area contributed by atoms with Crippen LogP contribution in [0, 0.1) is 21.4 Å². The second-order valence-electron chi connectivity index (χ2n) is 19.8. The van der Waals surface area contributed by atoms with Crippen LogP contribution in [0.2, 0.25) is 0 Å². The second-order valence-corrected chi connectivity index (χ2v) is 21.5. The lowest BCUT2D eigenvalue weighted by Gasteiger charge is -2.56. The number of benzene rings is 2. The third-order valence-electron chi connectivity index (χ3n) is 15.1. The standard InChI is InChI=1S/C49H58N8O8S/c1-30(2)36-7-4-5-8-37(36)40-9-6-20-56(40)34-26-49(27-34)17-21-55(22-18-49)33-10-11-38(42(24-33)65-35-23-32-14-19-50-45(32)51-28-35)46(58)54-66(62,63)43-25-41(57(60)61)44-47(53-43)64-29-39(52-44)31-12-15-48(3,59)16-13-31/h4-5,7-8,10-11,14,19,23-25,28,30-31,34,39-40,52,59H,6,9,12-13,15-18,20-22,26-27,29H2,1-3H3,(H,50,51)(H,54,58)/t31-,39-,40+,48+/m1/s1. The van der Waals surface area contributed by atoms with E-state index in [1.165, 1.54) is 43.0 Å². The van der Waals surface area contributed by atoms with Gasteiger partial charge < -0.3 is 29.8 Å². The maximum absolute atomic E-state index is 14.1. The molecule has 1 spiro atoms. The monoisotopic (exact) mass is 918 g/mol. The van der Waals surface area contributed by atoms with Gasteiger partial charge in [0.1, 0.15) is 23.8 Å². The first kappa shape index (κ1) is 44.1. The van der Waals surface area contributed by atoms with E-state index in [0.29, 0.717) is 55.1 Å². The summed E-state index contributed by atoms with van der Waals surface area (Å²) < 4.78 is 42.1. The van der Waals surface area contributed by atoms with Crippen LogP contribution >= 0.6 is 0 Å². The molecular formula is C49H58N8O8S. The molecule has 1 amide bonds. The number of sulfonamides is 1. The number of ether oxygens (including phenoxy) is 2. The molecule has 3 aliphatic heterocycles. The summed E-state index contributed by atoms with van der Waals surface area (Å²) in [4.78, 5) is 42.5. The topological polar surface area (TPSA) is 205 Å². The molecule has 348 valence electrons. The fourth-order valence-corrected chi connectivity index (χ4v) is 12.3. The van der Waals surface area contributed by atoms with Gasteiger partial charge in [-0.3, -0.25) is 19.8 Å². The SMILES string of the molecule is CC(C)c1ccccc1[C@@H]1CCCN1C1CC2(CCN(c3ccc(C(=O)NS(=O)(=O)c4cc([N+](=O)[O-])c5c(n4)OC[C@H]([C@H]4CC[C@@](C)(O)CC4)N5)c(Oc4cnc5[nH]ccc5c4)c3)CC2)C1. The van der Waals surface area contributed by atoms with E-state index in [-0.39, 0.29) is 46.9 Å². The number of aromatic nitrogens is 3. The van der Waals surface area contributed by atoms with Crippen molar-refractivity contribution in [1.29, 1.82) is 0 Å². The number of nitrogens with zero attached hydrogens (tertiary/aromatic N) is 5. The lowest BCUT2D eigenvalue weighted by Crippen LogP contribution is -2.54. The molecule has 4 fully saturated rings. The van der Waals surface area contributed by atoms with Crippen LogP contribution in [0.15, 0.2) is 78.1 Å². The smallest absolute Gasteiger partial charge is 0.300 e. The number of nitro groups is 1. The van der Waals surface area contributed by atoms with E-state index < -0.39 is 37.2 Å². The van der Waals surface area contributed by atoms with Gasteiger partial charge in [-0.1, -0.05) is 38.1 Å². The number of aromatic amines is 1. The Kier molecular flexibility index (Phi) is 11.4. The minimum Gasteiger partial charge on any atom is -0.474 e. The molecule has 0 unspecified atom stereocenters. The predicted octanol–water partition coefficient (Wildman–Crippen LogP) is 8.60. The van der Waals surface area contributed by atoms with Crippen molar-refractivity contribution in [2.45, 2.75) is 120 Å². The molecule has 16 nitrogen and oxygen atoms in total. The van der Waals surface area contributed by atoms with E-state index in [1.807, 2.05) is 6.07 Å². The van der Waals surface area contributed by atoms with E-state index in [2.05, 4.69) is 72.9 Å². The number of likely N-dealkylation sites (tertiary alicyclic amines) is 1. The van der Waals surface area contributed by atoms with E-state index in [0.717, 1.165) is 49.6 Å². The third-order valence-corrected chi connectivity index (χ3v) is 16.3. The molecule has 2 saturated carbocycles. The van der Waals surface area contributed by atoms with Gasteiger partial charge in [0, 0.05) is 48.5 Å². The molecule has 17 heteroatoms. The average molecular weight is 919 g/mol. The lowest BCUT2D eigenvalue weighted by atomic mass is 9.59. The van der Waals surface area contributed by atoms with Gasteiger partial charge in [-0.15, -0.1) is 0 Å². The Morgan fingerprint density at radius 1 is 1.03 bits per heavy atom. The zero-order chi connectivity index (χ0) is 46.0. The lowest BCUT2D eigenvalue weighted by molar-refractivity contribution is -0.384. The number of piperidine rings is 1. The Bertz CT molecular complexity index is 2770. The number of H-pyrrole nitrogens is 1. The van der Waals surface area contributed by atoms with Crippen LogP contribution in [0.1, 0.15) is 118 Å². The van der Waals surface area contributed by atoms with E-state index in [4.69, 9.17) is 9.47 Å². The number of amides is 1. The molecule has 3 aromatic heterocycles. The summed E-state index contributed by atoms with van der Waals surface area (Å²) >= 11 is 0. The van der Waals surface area contributed by atoms with E-state index >= 15 is 0 Å². The number of rotatable bonds is 11. The first-order valence-corrected chi connectivity index (χ1v) is 24.9. The molecule has 2 atom stereocenters. The van der Waals surface area contributed by atoms with Gasteiger partial charge in [0.2, 0.25) is 5.88 Å². The number of aliphatic hydroxyl groups is 1. The molecule has 5 aromatic rings. The van der Waals surface area contributed by atoms with Gasteiger partial charge in [0.05, 0.1) is 34.4 Å². The Morgan fingerprint density at radius 2 is 1.80 bits per heavy atom. The van der Waals surface area contributed by atoms with Crippen molar-refractivity contribution >= 4 is 44.0 Å². The van der Waals surface area contributed by atoms with Crippen molar-refractivity contribution in [2.75, 3.05) is 36.5 Å². The van der Waals surface area contributed by atoms with E-state index in [9.17, 15) is 28.4 Å². The highest BCUT2D eigenvalue weighted by atomic mass is 32.2. The maximum Gasteiger partial charge on any atom is 0.300 e. The number of anilines is 2. The molecule has 2 saturated heterocycles. The summed E-state index contributed by atoms with van der Waals surface area (Å²) in [5, 5.41) is 26.0. The minimum absolute atomic E-state index is 0.0256. The third kappa shape index (κ3) is 8.56. The number of pyridine rings is 2. The molecule has 0 bridgehead atoms. The van der Waals surface area contributed by atoms with Crippen LogP contribution in [-0.4, -0.2) is 88.1 Å². The van der Waals surface area contributed by atoms with Crippen LogP contribution in [-0.2, 0) is 10.0 Å². The predicted molar refractivity (Wildman–Crippen MR) is 250 cm³/mol. The fraction of sp³-hybridized carbons (Fsp3) is 0.490. The largest absolute Gasteiger partial charge is 0.474 e. The number of hydrogen-bond donors (Lipinski definition) is 4. The van der Waals surface area contributed by atoms with Crippen LogP contribution in [0.5, 0.6) is 17.4 Å². The van der Waals surface area contributed by atoms with Crippen LogP contribution in [0.3, 0.4) is 0 Å². The first-order valence-electron chi connectivity index (χ1n) is 23.4. The first-order chi connectivity index (χ1) is 31.6. The maximum atomic E-state index is 14.1. The summed E-state index contributed by atoms with van der Waals surface area (Å²) in [5.74, 6) is -0.213. The zero-order valence-corrected chi connectivity index (χ0v) is 38.5. The molecule has 66 heavy (non-hydrogen) atoms. The Labute approximate surface area is 384 Å². The Morgan fingerprint density at radius 3 is 2.56 bits per heavy atom. The van der Waals surface area contributed by atoms with E-state index in [1.54, 1.807) is 37.4 Å². The Balaban J connectivity index is 0.855. The van der Waals surface area contributed by atoms with Crippen molar-refractivity contribution in [1.82, 2.24) is 24.6 Å². The van der Waals surface area contributed by atoms with Gasteiger partial charge in [0.15, 0.2) is 10.7 Å². The molecule has 5 aliphatic rings. The molecule has 4 N–H and O–H groups in total. The van der Waals surface area contributed by atoms with Gasteiger partial charge >= 0.3 is 5.69 Å². The summed E-state index contributed by atoms with van der Waals surface area (Å²) in [6.45, 7) is 9.26. The molecule has 6 heterocycles. The summed E-state index contributed by atoms with van der Waals surface area (Å²) in [6, 6.07) is 19.3. The van der Waals surface area contributed by atoms with Crippen molar-refractivity contribution in [2.24, 2.45) is 11.3 Å². The van der Waals surface area contributed by atoms with Crippen molar-refractivity contribution in [3.63, 3.8) is 0 Å². The Hall–Kier alpha value is -5.78. The summed E-state index contributed by atoms with van der Waals surface area (Å²) in [5.41, 5.74) is 3.34. The van der Waals surface area contributed by atoms with Gasteiger partial charge in [0.25, 0.3) is 15.9 Å². The van der Waals surface area contributed by atoms with Crippen LogP contribution < -0.4 is 24.4 Å². The highest BCUT2D eigenvalue weighted by molar-refractivity contribution is 7.90. The number of fused-ring (bicyclic) bond motifs is 2. The number of carbonyl (C=O) groups excluding carboxylic acids is 1. The normalized spacial score (nSPS) is 24.4.